The van der Waals surface area contributed by atoms with Crippen LogP contribution in [0.25, 0.3) is 38.2 Å². The maximum atomic E-state index is 4.61. The molecular formula is C18H11N3. The molecule has 0 aliphatic rings. The lowest BCUT2D eigenvalue weighted by atomic mass is 10.1. The van der Waals surface area contributed by atoms with E-state index in [0.29, 0.717) is 0 Å². The Hall–Kier alpha value is -2.94. The molecule has 98 valence electrons. The van der Waals surface area contributed by atoms with Crippen LogP contribution in [0.1, 0.15) is 0 Å². The number of hydrogen-bond donors (Lipinski definition) is 0. The van der Waals surface area contributed by atoms with E-state index in [4.69, 9.17) is 0 Å². The molecule has 3 heteroatoms. The van der Waals surface area contributed by atoms with Gasteiger partial charge in [0.05, 0.1) is 28.3 Å². The van der Waals surface area contributed by atoms with Crippen molar-refractivity contribution in [3.8, 4) is 0 Å². The molecule has 0 radical (unpaired) electrons. The normalized spacial score (nSPS) is 11.8. The number of para-hydroxylation sites is 1. The van der Waals surface area contributed by atoms with Crippen molar-refractivity contribution in [3.05, 3.63) is 67.1 Å². The Morgan fingerprint density at radius 3 is 2.71 bits per heavy atom. The van der Waals surface area contributed by atoms with Gasteiger partial charge in [-0.25, -0.2) is 0 Å². The highest BCUT2D eigenvalue weighted by atomic mass is 14.9. The average Bonchev–Trinajstić information content (AvgIpc) is 2.95. The monoisotopic (exact) mass is 269 g/mol. The number of rotatable bonds is 0. The fraction of sp³-hybridized carbons (Fsp3) is 0. The van der Waals surface area contributed by atoms with Gasteiger partial charge in [0, 0.05) is 28.6 Å². The van der Waals surface area contributed by atoms with Crippen molar-refractivity contribution in [2.75, 3.05) is 0 Å². The van der Waals surface area contributed by atoms with E-state index in [1.807, 2.05) is 24.7 Å². The minimum atomic E-state index is 1.03. The Morgan fingerprint density at radius 1 is 0.762 bits per heavy atom. The number of aromatic nitrogens is 3. The van der Waals surface area contributed by atoms with Crippen molar-refractivity contribution >= 4 is 38.2 Å². The van der Waals surface area contributed by atoms with Gasteiger partial charge in [0.15, 0.2) is 0 Å². The fourth-order valence-corrected chi connectivity index (χ4v) is 3.21. The quantitative estimate of drug-likeness (QED) is 0.395. The van der Waals surface area contributed by atoms with Crippen molar-refractivity contribution in [1.82, 2.24) is 14.4 Å². The molecule has 3 nitrogen and oxygen atoms in total. The Kier molecular flexibility index (Phi) is 1.95. The Balaban J connectivity index is 2.25. The minimum absolute atomic E-state index is 1.03. The molecule has 4 heterocycles. The molecule has 5 aromatic rings. The minimum Gasteiger partial charge on any atom is -0.306 e. The summed E-state index contributed by atoms with van der Waals surface area (Å²) in [5.41, 5.74) is 4.48. The van der Waals surface area contributed by atoms with E-state index in [2.05, 4.69) is 56.8 Å². The summed E-state index contributed by atoms with van der Waals surface area (Å²) in [6.07, 6.45) is 5.63. The first kappa shape index (κ1) is 10.8. The second kappa shape index (κ2) is 3.79. The predicted molar refractivity (Wildman–Crippen MR) is 85.5 cm³/mol. The zero-order chi connectivity index (χ0) is 13.8. The van der Waals surface area contributed by atoms with E-state index in [9.17, 15) is 0 Å². The first-order valence-electron chi connectivity index (χ1n) is 6.94. The molecule has 4 aromatic heterocycles. The van der Waals surface area contributed by atoms with E-state index >= 15 is 0 Å². The van der Waals surface area contributed by atoms with Gasteiger partial charge in [-0.15, -0.1) is 0 Å². The van der Waals surface area contributed by atoms with Gasteiger partial charge in [-0.1, -0.05) is 24.3 Å². The van der Waals surface area contributed by atoms with Gasteiger partial charge in [0.2, 0.25) is 0 Å². The molecule has 21 heavy (non-hydrogen) atoms. The standard InChI is InChI=1S/C18H11N3/c1-2-6-15-12(4-1)10-16-18-14(5-3-8-20-18)13-7-9-19-11-17(13)21(15)16/h1-11H. The lowest BCUT2D eigenvalue weighted by Crippen LogP contribution is -1.92. The molecule has 0 saturated carbocycles. The van der Waals surface area contributed by atoms with E-state index in [-0.39, 0.29) is 0 Å². The zero-order valence-corrected chi connectivity index (χ0v) is 11.2. The summed E-state index contributed by atoms with van der Waals surface area (Å²) in [6, 6.07) is 16.8. The highest BCUT2D eigenvalue weighted by Crippen LogP contribution is 2.32. The molecule has 0 aliphatic heterocycles. The van der Waals surface area contributed by atoms with Crippen molar-refractivity contribution in [3.63, 3.8) is 0 Å². The van der Waals surface area contributed by atoms with Gasteiger partial charge in [-0.3, -0.25) is 9.97 Å². The highest BCUT2D eigenvalue weighted by Gasteiger charge is 2.12. The average molecular weight is 269 g/mol. The highest BCUT2D eigenvalue weighted by molar-refractivity contribution is 6.13. The molecule has 5 rings (SSSR count). The second-order valence-electron chi connectivity index (χ2n) is 5.22. The lowest BCUT2D eigenvalue weighted by Gasteiger charge is -2.08. The third-order valence-electron chi connectivity index (χ3n) is 4.09. The molecule has 0 bridgehead atoms. The van der Waals surface area contributed by atoms with Crippen molar-refractivity contribution in [1.29, 1.82) is 0 Å². The summed E-state index contributed by atoms with van der Waals surface area (Å²) in [5, 5.41) is 3.58. The lowest BCUT2D eigenvalue weighted by molar-refractivity contribution is 1.27. The Morgan fingerprint density at radius 2 is 1.71 bits per heavy atom. The van der Waals surface area contributed by atoms with Gasteiger partial charge in [-0.05, 0) is 24.3 Å². The predicted octanol–water partition coefficient (Wildman–Crippen LogP) is 4.19. The molecule has 0 spiro atoms. The smallest absolute Gasteiger partial charge is 0.0949 e. The summed E-state index contributed by atoms with van der Waals surface area (Å²) in [4.78, 5) is 8.93. The van der Waals surface area contributed by atoms with Crippen molar-refractivity contribution in [2.24, 2.45) is 0 Å². The van der Waals surface area contributed by atoms with E-state index in [1.54, 1.807) is 0 Å². The maximum absolute atomic E-state index is 4.61. The van der Waals surface area contributed by atoms with Crippen LogP contribution in [0.15, 0.2) is 67.1 Å². The Labute approximate surface area is 120 Å². The molecule has 0 aliphatic carbocycles. The van der Waals surface area contributed by atoms with Gasteiger partial charge in [0.25, 0.3) is 0 Å². The maximum Gasteiger partial charge on any atom is 0.0949 e. The first-order chi connectivity index (χ1) is 10.4. The van der Waals surface area contributed by atoms with Crippen LogP contribution in [-0.4, -0.2) is 14.4 Å². The summed E-state index contributed by atoms with van der Waals surface area (Å²) < 4.78 is 2.26. The van der Waals surface area contributed by atoms with Crippen LogP contribution in [0.4, 0.5) is 0 Å². The van der Waals surface area contributed by atoms with Gasteiger partial charge < -0.3 is 4.40 Å². The summed E-state index contributed by atoms with van der Waals surface area (Å²) >= 11 is 0. The SMILES string of the molecule is c1ccc2c(c1)cc1c3ncccc3c3ccncc3n21. The molecule has 0 unspecified atom stereocenters. The van der Waals surface area contributed by atoms with E-state index in [0.717, 1.165) is 16.6 Å². The topological polar surface area (TPSA) is 30.2 Å². The third kappa shape index (κ3) is 1.32. The van der Waals surface area contributed by atoms with E-state index in [1.165, 1.54) is 21.7 Å². The summed E-state index contributed by atoms with van der Waals surface area (Å²) in [6.45, 7) is 0. The van der Waals surface area contributed by atoms with Crippen molar-refractivity contribution < 1.29 is 0 Å². The molecule has 0 fully saturated rings. The second-order valence-corrected chi connectivity index (χ2v) is 5.22. The van der Waals surface area contributed by atoms with Gasteiger partial charge in [0.1, 0.15) is 0 Å². The molecule has 0 atom stereocenters. The number of hydrogen-bond acceptors (Lipinski definition) is 2. The third-order valence-corrected chi connectivity index (χ3v) is 4.09. The molecule has 0 amide bonds. The molecule has 0 saturated heterocycles. The number of pyridine rings is 3. The first-order valence-corrected chi connectivity index (χ1v) is 6.94. The van der Waals surface area contributed by atoms with Crippen molar-refractivity contribution in [2.45, 2.75) is 0 Å². The molecule has 0 N–H and O–H groups in total. The van der Waals surface area contributed by atoms with Crippen LogP contribution in [0.3, 0.4) is 0 Å². The van der Waals surface area contributed by atoms with Crippen LogP contribution in [0.5, 0.6) is 0 Å². The van der Waals surface area contributed by atoms with Gasteiger partial charge >= 0.3 is 0 Å². The summed E-state index contributed by atoms with van der Waals surface area (Å²) in [5.74, 6) is 0. The number of benzene rings is 1. The molecule has 1 aromatic carbocycles. The van der Waals surface area contributed by atoms with Crippen LogP contribution in [0, 0.1) is 0 Å². The zero-order valence-electron chi connectivity index (χ0n) is 11.2. The van der Waals surface area contributed by atoms with Crippen LogP contribution in [0.2, 0.25) is 0 Å². The van der Waals surface area contributed by atoms with Crippen LogP contribution in [-0.2, 0) is 0 Å². The largest absolute Gasteiger partial charge is 0.306 e. The summed E-state index contributed by atoms with van der Waals surface area (Å²) in [7, 11) is 0. The molecular weight excluding hydrogens is 258 g/mol. The van der Waals surface area contributed by atoms with Crippen LogP contribution < -0.4 is 0 Å². The van der Waals surface area contributed by atoms with Crippen LogP contribution >= 0.6 is 0 Å². The van der Waals surface area contributed by atoms with E-state index < -0.39 is 0 Å². The number of nitrogens with zero attached hydrogens (tertiary/aromatic N) is 3. The van der Waals surface area contributed by atoms with Gasteiger partial charge in [-0.2, -0.15) is 0 Å². The Bertz CT molecular complexity index is 1140. The number of fused-ring (bicyclic) bond motifs is 8. The fourth-order valence-electron chi connectivity index (χ4n) is 3.21.